The van der Waals surface area contributed by atoms with Crippen LogP contribution in [-0.4, -0.2) is 34.8 Å². The van der Waals surface area contributed by atoms with Crippen molar-refractivity contribution in [1.29, 1.82) is 0 Å². The summed E-state index contributed by atoms with van der Waals surface area (Å²) in [5, 5.41) is 10.5. The number of carboxylic acid groups (broad SMARTS) is 1. The molecule has 43 heavy (non-hydrogen) atoms. The lowest BCUT2D eigenvalue weighted by atomic mass is 9.81. The third-order valence-corrected chi connectivity index (χ3v) is 8.84. The van der Waals surface area contributed by atoms with Crippen LogP contribution in [-0.2, 0) is 22.4 Å². The lowest BCUT2D eigenvalue weighted by Crippen LogP contribution is -2.39. The molecule has 6 heteroatoms. The first-order valence-electron chi connectivity index (χ1n) is 15.4. The first kappa shape index (κ1) is 30.9. The SMILES string of the molecule is Cc1nc(C)c([C@H](OC(C)(C)C)C(=O)O)c(N2CCC(C)(C)CC2)c1-c1ccc2c(c1)CC/C(=C/c1ccc(F)cc1)C2. The molecule has 0 radical (unpaired) electrons. The van der Waals surface area contributed by atoms with Crippen molar-refractivity contribution >= 4 is 17.7 Å². The first-order valence-corrected chi connectivity index (χ1v) is 15.4. The molecule has 2 aromatic carbocycles. The zero-order valence-corrected chi connectivity index (χ0v) is 26.7. The molecule has 0 bridgehead atoms. The van der Waals surface area contributed by atoms with Gasteiger partial charge in [-0.15, -0.1) is 0 Å². The van der Waals surface area contributed by atoms with Crippen molar-refractivity contribution < 1.29 is 19.0 Å². The highest BCUT2D eigenvalue weighted by molar-refractivity contribution is 5.88. The van der Waals surface area contributed by atoms with Crippen molar-refractivity contribution in [3.63, 3.8) is 0 Å². The summed E-state index contributed by atoms with van der Waals surface area (Å²) in [5.74, 6) is -1.22. The molecule has 2 aliphatic rings. The van der Waals surface area contributed by atoms with Crippen molar-refractivity contribution in [2.24, 2.45) is 5.41 Å². The van der Waals surface area contributed by atoms with Gasteiger partial charge in [0, 0.05) is 35.6 Å². The number of carbonyl (C=O) groups is 1. The maximum atomic E-state index is 13.4. The van der Waals surface area contributed by atoms with E-state index in [1.54, 1.807) is 0 Å². The van der Waals surface area contributed by atoms with E-state index in [0.29, 0.717) is 11.3 Å². The Bertz CT molecular complexity index is 1540. The predicted molar refractivity (Wildman–Crippen MR) is 172 cm³/mol. The third-order valence-electron chi connectivity index (χ3n) is 8.84. The van der Waals surface area contributed by atoms with Crippen molar-refractivity contribution in [3.05, 3.63) is 87.5 Å². The van der Waals surface area contributed by atoms with E-state index in [1.807, 2.05) is 46.8 Å². The van der Waals surface area contributed by atoms with Crippen molar-refractivity contribution in [2.45, 2.75) is 92.3 Å². The van der Waals surface area contributed by atoms with E-state index in [0.717, 1.165) is 73.3 Å². The molecule has 0 unspecified atom stereocenters. The van der Waals surface area contributed by atoms with Crippen LogP contribution >= 0.6 is 0 Å². The molecule has 1 aliphatic carbocycles. The number of ether oxygens (including phenoxy) is 1. The number of carboxylic acids is 1. The second kappa shape index (κ2) is 11.9. The number of halogens is 1. The summed E-state index contributed by atoms with van der Waals surface area (Å²) in [5.41, 5.74) is 9.82. The van der Waals surface area contributed by atoms with E-state index in [9.17, 15) is 14.3 Å². The number of nitrogens with zero attached hydrogens (tertiary/aromatic N) is 2. The molecule has 5 rings (SSSR count). The minimum atomic E-state index is -1.13. The van der Waals surface area contributed by atoms with Crippen LogP contribution in [0.4, 0.5) is 10.1 Å². The van der Waals surface area contributed by atoms with Gasteiger partial charge in [0.25, 0.3) is 0 Å². The Morgan fingerprint density at radius 1 is 1.02 bits per heavy atom. The maximum absolute atomic E-state index is 13.4. The van der Waals surface area contributed by atoms with E-state index < -0.39 is 17.7 Å². The zero-order chi connectivity index (χ0) is 31.1. The smallest absolute Gasteiger partial charge is 0.337 e. The molecule has 1 aromatic heterocycles. The normalized spacial score (nSPS) is 18.4. The Hall–Kier alpha value is -3.51. The van der Waals surface area contributed by atoms with Gasteiger partial charge in [-0.1, -0.05) is 55.8 Å². The largest absolute Gasteiger partial charge is 0.479 e. The fourth-order valence-corrected chi connectivity index (χ4v) is 6.49. The number of hydrogen-bond acceptors (Lipinski definition) is 4. The number of pyridine rings is 1. The van der Waals surface area contributed by atoms with E-state index in [4.69, 9.17) is 9.72 Å². The molecule has 0 saturated carbocycles. The number of anilines is 1. The van der Waals surface area contributed by atoms with Gasteiger partial charge in [0.1, 0.15) is 5.82 Å². The minimum absolute atomic E-state index is 0.222. The second-order valence-corrected chi connectivity index (χ2v) is 14.0. The molecule has 5 nitrogen and oxygen atoms in total. The van der Waals surface area contributed by atoms with Gasteiger partial charge >= 0.3 is 5.97 Å². The van der Waals surface area contributed by atoms with Crippen LogP contribution < -0.4 is 4.90 Å². The Kier molecular flexibility index (Phi) is 8.54. The Morgan fingerprint density at radius 2 is 1.70 bits per heavy atom. The Labute approximate surface area is 255 Å². The van der Waals surface area contributed by atoms with Crippen molar-refractivity contribution in [2.75, 3.05) is 18.0 Å². The molecule has 1 saturated heterocycles. The topological polar surface area (TPSA) is 62.7 Å². The van der Waals surface area contributed by atoms with Gasteiger partial charge in [-0.3, -0.25) is 4.98 Å². The maximum Gasteiger partial charge on any atom is 0.337 e. The summed E-state index contributed by atoms with van der Waals surface area (Å²) < 4.78 is 19.6. The van der Waals surface area contributed by atoms with Crippen LogP contribution in [0.5, 0.6) is 0 Å². The molecule has 1 atom stereocenters. The Morgan fingerprint density at radius 3 is 2.33 bits per heavy atom. The van der Waals surface area contributed by atoms with E-state index in [2.05, 4.69) is 43.0 Å². The van der Waals surface area contributed by atoms with Crippen LogP contribution in [0, 0.1) is 25.1 Å². The number of rotatable bonds is 6. The molecule has 1 fully saturated rings. The number of fused-ring (bicyclic) bond motifs is 1. The lowest BCUT2D eigenvalue weighted by molar-refractivity contribution is -0.160. The van der Waals surface area contributed by atoms with Gasteiger partial charge in [-0.05, 0) is 107 Å². The Balaban J connectivity index is 1.60. The fraction of sp³-hybridized carbons (Fsp3) is 0.459. The number of benzene rings is 2. The van der Waals surface area contributed by atoms with Gasteiger partial charge in [-0.25, -0.2) is 9.18 Å². The van der Waals surface area contributed by atoms with Crippen LogP contribution in [0.15, 0.2) is 48.0 Å². The molecule has 1 N–H and O–H groups in total. The number of aliphatic carboxylic acids is 1. The van der Waals surface area contributed by atoms with Gasteiger partial charge in [0.15, 0.2) is 6.10 Å². The van der Waals surface area contributed by atoms with Crippen molar-refractivity contribution in [1.82, 2.24) is 4.98 Å². The van der Waals surface area contributed by atoms with Gasteiger partial charge in [0.2, 0.25) is 0 Å². The number of allylic oxidation sites excluding steroid dienone is 1. The molecule has 0 spiro atoms. The van der Waals surface area contributed by atoms with Crippen molar-refractivity contribution in [3.8, 4) is 11.1 Å². The van der Waals surface area contributed by atoms with Gasteiger partial charge in [-0.2, -0.15) is 0 Å². The molecule has 0 amide bonds. The average molecular weight is 585 g/mol. The molecule has 3 aromatic rings. The lowest BCUT2D eigenvalue weighted by Gasteiger charge is -2.41. The predicted octanol–water partition coefficient (Wildman–Crippen LogP) is 8.64. The van der Waals surface area contributed by atoms with Crippen LogP contribution in [0.2, 0.25) is 0 Å². The van der Waals surface area contributed by atoms with Gasteiger partial charge < -0.3 is 14.7 Å². The third kappa shape index (κ3) is 7.01. The summed E-state index contributed by atoms with van der Waals surface area (Å²) in [6.07, 6.45) is 5.81. The van der Waals surface area contributed by atoms with E-state index >= 15 is 0 Å². The number of hydrogen-bond donors (Lipinski definition) is 1. The second-order valence-electron chi connectivity index (χ2n) is 14.0. The van der Waals surface area contributed by atoms with Crippen LogP contribution in [0.3, 0.4) is 0 Å². The number of aryl methyl sites for hydroxylation is 3. The summed E-state index contributed by atoms with van der Waals surface area (Å²) >= 11 is 0. The molecule has 2 heterocycles. The molecular formula is C37H45FN2O3. The fourth-order valence-electron chi connectivity index (χ4n) is 6.49. The summed E-state index contributed by atoms with van der Waals surface area (Å²) in [4.78, 5) is 20.1. The zero-order valence-electron chi connectivity index (χ0n) is 26.7. The highest BCUT2D eigenvalue weighted by atomic mass is 19.1. The molecule has 228 valence electrons. The van der Waals surface area contributed by atoms with E-state index in [1.165, 1.54) is 28.8 Å². The quantitative estimate of drug-likeness (QED) is 0.314. The van der Waals surface area contributed by atoms with E-state index in [-0.39, 0.29) is 11.2 Å². The summed E-state index contributed by atoms with van der Waals surface area (Å²) in [7, 11) is 0. The van der Waals surface area contributed by atoms with Crippen LogP contribution in [0.25, 0.3) is 17.2 Å². The number of aromatic nitrogens is 1. The van der Waals surface area contributed by atoms with Gasteiger partial charge in [0.05, 0.1) is 11.3 Å². The highest BCUT2D eigenvalue weighted by Gasteiger charge is 2.36. The minimum Gasteiger partial charge on any atom is -0.479 e. The molecular weight excluding hydrogens is 539 g/mol. The van der Waals surface area contributed by atoms with Crippen LogP contribution in [0.1, 0.15) is 93.6 Å². The summed E-state index contributed by atoms with van der Waals surface area (Å²) in [6.45, 7) is 15.9. The average Bonchev–Trinajstić information content (AvgIpc) is 2.92. The first-order chi connectivity index (χ1) is 20.2. The summed E-state index contributed by atoms with van der Waals surface area (Å²) in [6, 6.07) is 13.3. The monoisotopic (exact) mass is 584 g/mol. The highest BCUT2D eigenvalue weighted by Crippen LogP contribution is 2.45. The standard InChI is InChI=1S/C37H45FN2O3/c1-23-31(29-13-12-27-21-26(8-11-28(27)22-29)20-25-9-14-30(38)15-10-25)33(40-18-16-37(6,7)17-19-40)32(24(2)39-23)34(35(41)42)43-36(3,4)5/h9-10,12-15,20,22,34H,8,11,16-19,21H2,1-7H3,(H,41,42)/b26-20-/t34-/m0/s1. The molecule has 1 aliphatic heterocycles. The number of piperidine rings is 1.